The van der Waals surface area contributed by atoms with Gasteiger partial charge in [0, 0.05) is 5.56 Å². The van der Waals surface area contributed by atoms with Crippen molar-refractivity contribution in [2.75, 3.05) is 20.8 Å². The van der Waals surface area contributed by atoms with Crippen LogP contribution < -0.4 is 19.6 Å². The molecule has 0 aliphatic carbocycles. The van der Waals surface area contributed by atoms with Gasteiger partial charge in [0.2, 0.25) is 0 Å². The number of hydrazone groups is 1. The number of hydrogen-bond donors (Lipinski definition) is 1. The monoisotopic (exact) mass is 342 g/mol. The van der Waals surface area contributed by atoms with Crippen LogP contribution in [0.4, 0.5) is 0 Å². The highest BCUT2D eigenvalue weighted by Crippen LogP contribution is 2.27. The highest BCUT2D eigenvalue weighted by Gasteiger charge is 2.06. The fraction of sp³-hybridized carbons (Fsp3) is 0.263. The van der Waals surface area contributed by atoms with Gasteiger partial charge in [0.15, 0.2) is 11.5 Å². The molecule has 0 bridgehead atoms. The number of ether oxygens (including phenoxy) is 3. The zero-order valence-electron chi connectivity index (χ0n) is 14.6. The van der Waals surface area contributed by atoms with E-state index in [1.165, 1.54) is 0 Å². The van der Waals surface area contributed by atoms with Crippen molar-refractivity contribution < 1.29 is 19.0 Å². The first kappa shape index (κ1) is 18.3. The van der Waals surface area contributed by atoms with Crippen molar-refractivity contribution in [3.63, 3.8) is 0 Å². The average Bonchev–Trinajstić information content (AvgIpc) is 2.66. The number of nitrogens with one attached hydrogen (secondary N) is 1. The van der Waals surface area contributed by atoms with Gasteiger partial charge in [-0.1, -0.05) is 6.92 Å². The van der Waals surface area contributed by atoms with Crippen LogP contribution in [-0.2, 0) is 0 Å². The van der Waals surface area contributed by atoms with Crippen molar-refractivity contribution in [3.05, 3.63) is 53.6 Å². The van der Waals surface area contributed by atoms with Gasteiger partial charge in [0.05, 0.1) is 27.0 Å². The van der Waals surface area contributed by atoms with E-state index in [0.29, 0.717) is 29.4 Å². The molecule has 0 aromatic heterocycles. The first-order chi connectivity index (χ1) is 12.2. The third-order valence-electron chi connectivity index (χ3n) is 3.38. The summed E-state index contributed by atoms with van der Waals surface area (Å²) >= 11 is 0. The summed E-state index contributed by atoms with van der Waals surface area (Å²) in [7, 11) is 3.16. The Hall–Kier alpha value is -3.02. The average molecular weight is 342 g/mol. The second-order valence-electron chi connectivity index (χ2n) is 5.19. The maximum atomic E-state index is 12.0. The van der Waals surface area contributed by atoms with Gasteiger partial charge in [-0.2, -0.15) is 5.10 Å². The molecule has 0 aliphatic heterocycles. The molecule has 0 heterocycles. The molecule has 0 saturated carbocycles. The van der Waals surface area contributed by atoms with Crippen molar-refractivity contribution in [1.82, 2.24) is 5.43 Å². The van der Waals surface area contributed by atoms with Crippen LogP contribution in [0.25, 0.3) is 0 Å². The lowest BCUT2D eigenvalue weighted by Gasteiger charge is -2.10. The summed E-state index contributed by atoms with van der Waals surface area (Å²) in [5.41, 5.74) is 3.78. The lowest BCUT2D eigenvalue weighted by atomic mass is 10.2. The first-order valence-corrected chi connectivity index (χ1v) is 7.96. The Balaban J connectivity index is 1.99. The minimum Gasteiger partial charge on any atom is -0.497 e. The molecule has 6 heteroatoms. The number of hydrogen-bond acceptors (Lipinski definition) is 5. The van der Waals surface area contributed by atoms with E-state index in [-0.39, 0.29) is 5.91 Å². The minimum atomic E-state index is -0.297. The summed E-state index contributed by atoms with van der Waals surface area (Å²) in [6.07, 6.45) is 2.47. The van der Waals surface area contributed by atoms with Crippen LogP contribution in [0.2, 0.25) is 0 Å². The molecule has 6 nitrogen and oxygen atoms in total. The number of carbonyl (C=O) groups is 1. The van der Waals surface area contributed by atoms with Crippen molar-refractivity contribution in [1.29, 1.82) is 0 Å². The van der Waals surface area contributed by atoms with E-state index in [1.807, 2.05) is 19.1 Å². The normalized spacial score (nSPS) is 10.5. The lowest BCUT2D eigenvalue weighted by Crippen LogP contribution is -2.17. The zero-order valence-corrected chi connectivity index (χ0v) is 14.6. The van der Waals surface area contributed by atoms with Gasteiger partial charge in [-0.05, 0) is 54.4 Å². The molecule has 0 aliphatic rings. The van der Waals surface area contributed by atoms with E-state index in [1.54, 1.807) is 50.8 Å². The van der Waals surface area contributed by atoms with E-state index >= 15 is 0 Å². The Kier molecular flexibility index (Phi) is 6.83. The maximum absolute atomic E-state index is 12.0. The van der Waals surface area contributed by atoms with E-state index in [2.05, 4.69) is 10.5 Å². The highest BCUT2D eigenvalue weighted by molar-refractivity contribution is 5.95. The predicted molar refractivity (Wildman–Crippen MR) is 96.8 cm³/mol. The third kappa shape index (κ3) is 5.24. The van der Waals surface area contributed by atoms with Crippen LogP contribution >= 0.6 is 0 Å². The molecule has 132 valence electrons. The van der Waals surface area contributed by atoms with Crippen LogP contribution in [0.15, 0.2) is 47.6 Å². The summed E-state index contributed by atoms with van der Waals surface area (Å²) in [6, 6.07) is 12.3. The van der Waals surface area contributed by atoms with Crippen LogP contribution in [0.5, 0.6) is 17.2 Å². The molecule has 0 atom stereocenters. The molecule has 0 radical (unpaired) electrons. The number of methoxy groups -OCH3 is 2. The smallest absolute Gasteiger partial charge is 0.271 e. The Morgan fingerprint density at radius 3 is 2.48 bits per heavy atom. The lowest BCUT2D eigenvalue weighted by molar-refractivity contribution is 0.0955. The van der Waals surface area contributed by atoms with E-state index in [0.717, 1.165) is 12.0 Å². The van der Waals surface area contributed by atoms with Crippen molar-refractivity contribution in [3.8, 4) is 17.2 Å². The van der Waals surface area contributed by atoms with Crippen LogP contribution in [-0.4, -0.2) is 32.9 Å². The second-order valence-corrected chi connectivity index (χ2v) is 5.19. The molecular formula is C19H22N2O4. The predicted octanol–water partition coefficient (Wildman–Crippen LogP) is 3.26. The molecule has 0 fully saturated rings. The fourth-order valence-electron chi connectivity index (χ4n) is 2.07. The Morgan fingerprint density at radius 1 is 1.08 bits per heavy atom. The summed E-state index contributed by atoms with van der Waals surface area (Å²) in [5, 5.41) is 3.98. The van der Waals surface area contributed by atoms with Gasteiger partial charge in [0.25, 0.3) is 5.91 Å². The van der Waals surface area contributed by atoms with Crippen LogP contribution in [0, 0.1) is 0 Å². The van der Waals surface area contributed by atoms with Gasteiger partial charge in [0.1, 0.15) is 5.75 Å². The summed E-state index contributed by atoms with van der Waals surface area (Å²) in [5.74, 6) is 1.70. The Morgan fingerprint density at radius 2 is 1.84 bits per heavy atom. The molecule has 2 aromatic carbocycles. The molecule has 2 rings (SSSR count). The largest absolute Gasteiger partial charge is 0.497 e. The third-order valence-corrected chi connectivity index (χ3v) is 3.38. The highest BCUT2D eigenvalue weighted by atomic mass is 16.5. The topological polar surface area (TPSA) is 69.2 Å². The van der Waals surface area contributed by atoms with E-state index < -0.39 is 0 Å². The van der Waals surface area contributed by atoms with Gasteiger partial charge in [-0.3, -0.25) is 4.79 Å². The number of rotatable bonds is 8. The molecule has 2 aromatic rings. The summed E-state index contributed by atoms with van der Waals surface area (Å²) in [4.78, 5) is 12.0. The SMILES string of the molecule is CCCOc1ccc(C=NNC(=O)c2ccc(OC)cc2)cc1OC. The number of nitrogens with zero attached hydrogens (tertiary/aromatic N) is 1. The molecule has 0 unspecified atom stereocenters. The summed E-state index contributed by atoms with van der Waals surface area (Å²) in [6.45, 7) is 2.67. The zero-order chi connectivity index (χ0) is 18.1. The quantitative estimate of drug-likeness (QED) is 0.590. The molecule has 0 spiro atoms. The second kappa shape index (κ2) is 9.32. The number of carbonyl (C=O) groups excluding carboxylic acids is 1. The van der Waals surface area contributed by atoms with Gasteiger partial charge < -0.3 is 14.2 Å². The molecule has 0 saturated heterocycles. The molecule has 1 N–H and O–H groups in total. The number of amides is 1. The molecule has 1 amide bonds. The fourth-order valence-corrected chi connectivity index (χ4v) is 2.07. The Labute approximate surface area is 147 Å². The van der Waals surface area contributed by atoms with Crippen LogP contribution in [0.3, 0.4) is 0 Å². The van der Waals surface area contributed by atoms with Gasteiger partial charge >= 0.3 is 0 Å². The Bertz CT molecular complexity index is 727. The van der Waals surface area contributed by atoms with Crippen LogP contribution in [0.1, 0.15) is 29.3 Å². The van der Waals surface area contributed by atoms with Crippen molar-refractivity contribution in [2.24, 2.45) is 5.10 Å². The van der Waals surface area contributed by atoms with Crippen molar-refractivity contribution >= 4 is 12.1 Å². The van der Waals surface area contributed by atoms with Gasteiger partial charge in [-0.25, -0.2) is 5.43 Å². The maximum Gasteiger partial charge on any atom is 0.271 e. The number of benzene rings is 2. The van der Waals surface area contributed by atoms with Gasteiger partial charge in [-0.15, -0.1) is 0 Å². The first-order valence-electron chi connectivity index (χ1n) is 7.96. The standard InChI is InChI=1S/C19H22N2O4/c1-4-11-25-17-10-5-14(12-18(17)24-3)13-20-21-19(22)15-6-8-16(23-2)9-7-15/h5-10,12-13H,4,11H2,1-3H3,(H,21,22). The minimum absolute atomic E-state index is 0.297. The summed E-state index contributed by atoms with van der Waals surface area (Å²) < 4.78 is 16.0. The van der Waals surface area contributed by atoms with Crippen molar-refractivity contribution in [2.45, 2.75) is 13.3 Å². The molecular weight excluding hydrogens is 320 g/mol. The van der Waals surface area contributed by atoms with E-state index in [9.17, 15) is 4.79 Å². The molecule has 25 heavy (non-hydrogen) atoms. The van der Waals surface area contributed by atoms with E-state index in [4.69, 9.17) is 14.2 Å².